The number of carbonyl (C=O) groups is 1. The molecule has 21 heavy (non-hydrogen) atoms. The first-order chi connectivity index (χ1) is 9.90. The van der Waals surface area contributed by atoms with Crippen LogP contribution in [-0.2, 0) is 0 Å². The number of anilines is 2. The number of nitrogen functional groups attached to an aromatic ring is 1. The Hall–Kier alpha value is -2.67. The van der Waals surface area contributed by atoms with Crippen molar-refractivity contribution in [1.29, 1.82) is 0 Å². The Kier molecular flexibility index (Phi) is 4.04. The highest BCUT2D eigenvalue weighted by molar-refractivity contribution is 6.34. The number of benzene rings is 2. The Morgan fingerprint density at radius 1 is 1.33 bits per heavy atom. The molecule has 0 spiro atoms. The Morgan fingerprint density at radius 3 is 2.71 bits per heavy atom. The molecule has 8 heteroatoms. The van der Waals surface area contributed by atoms with Crippen LogP contribution < -0.4 is 11.1 Å². The Morgan fingerprint density at radius 2 is 2.05 bits per heavy atom. The second-order valence-corrected chi connectivity index (χ2v) is 4.49. The van der Waals surface area contributed by atoms with Crippen molar-refractivity contribution in [2.45, 2.75) is 0 Å². The average Bonchev–Trinajstić information content (AvgIpc) is 2.42. The van der Waals surface area contributed by atoms with Crippen LogP contribution in [0.2, 0.25) is 5.02 Å². The molecule has 108 valence electrons. The van der Waals surface area contributed by atoms with Crippen molar-refractivity contribution in [2.75, 3.05) is 11.1 Å². The molecule has 0 atom stereocenters. The predicted octanol–water partition coefficient (Wildman–Crippen LogP) is 3.22. The molecule has 2 rings (SSSR count). The van der Waals surface area contributed by atoms with E-state index >= 15 is 0 Å². The molecule has 0 aliphatic heterocycles. The standard InChI is InChI=1S/C13H9ClFN3O3/c14-9-5-4-7(15)6-11(9)17-13(19)8-2-1-3-10(16)12(8)18(20)21/h1-6H,16H2,(H,17,19). The van der Waals surface area contributed by atoms with Gasteiger partial charge < -0.3 is 11.1 Å². The lowest BCUT2D eigenvalue weighted by Gasteiger charge is -2.08. The van der Waals surface area contributed by atoms with Crippen LogP contribution in [0, 0.1) is 15.9 Å². The highest BCUT2D eigenvalue weighted by Gasteiger charge is 2.23. The van der Waals surface area contributed by atoms with Gasteiger partial charge in [0, 0.05) is 0 Å². The monoisotopic (exact) mass is 309 g/mol. The fraction of sp³-hybridized carbons (Fsp3) is 0. The van der Waals surface area contributed by atoms with Gasteiger partial charge in [0.2, 0.25) is 0 Å². The topological polar surface area (TPSA) is 98.3 Å². The summed E-state index contributed by atoms with van der Waals surface area (Å²) in [5, 5.41) is 13.4. The van der Waals surface area contributed by atoms with Gasteiger partial charge in [-0.05, 0) is 30.3 Å². The maximum atomic E-state index is 13.1. The van der Waals surface area contributed by atoms with E-state index in [-0.39, 0.29) is 22.0 Å². The number of amides is 1. The fourth-order valence-corrected chi connectivity index (χ4v) is 1.90. The third kappa shape index (κ3) is 3.09. The number of nitrogens with two attached hydrogens (primary N) is 1. The van der Waals surface area contributed by atoms with E-state index in [2.05, 4.69) is 5.32 Å². The molecule has 3 N–H and O–H groups in total. The van der Waals surface area contributed by atoms with Gasteiger partial charge in [-0.15, -0.1) is 0 Å². The second-order valence-electron chi connectivity index (χ2n) is 4.08. The number of hydrogen-bond acceptors (Lipinski definition) is 4. The van der Waals surface area contributed by atoms with Crippen molar-refractivity contribution in [2.24, 2.45) is 0 Å². The molecule has 0 heterocycles. The lowest BCUT2D eigenvalue weighted by atomic mass is 10.1. The summed E-state index contributed by atoms with van der Waals surface area (Å²) < 4.78 is 13.1. The van der Waals surface area contributed by atoms with E-state index in [1.807, 2.05) is 0 Å². The van der Waals surface area contributed by atoms with Gasteiger partial charge in [0.25, 0.3) is 5.91 Å². The molecule has 0 fully saturated rings. The van der Waals surface area contributed by atoms with E-state index in [0.717, 1.165) is 12.1 Å². The maximum absolute atomic E-state index is 13.1. The van der Waals surface area contributed by atoms with Gasteiger partial charge in [0.05, 0.1) is 15.6 Å². The molecule has 0 aliphatic carbocycles. The van der Waals surface area contributed by atoms with Crippen molar-refractivity contribution < 1.29 is 14.1 Å². The van der Waals surface area contributed by atoms with Gasteiger partial charge >= 0.3 is 5.69 Å². The number of hydrogen-bond donors (Lipinski definition) is 2. The van der Waals surface area contributed by atoms with E-state index in [0.29, 0.717) is 0 Å². The first-order valence-corrected chi connectivity index (χ1v) is 6.07. The molecule has 0 saturated heterocycles. The number of nitrogens with one attached hydrogen (secondary N) is 1. The number of nitrogens with zero attached hydrogens (tertiary/aromatic N) is 1. The molecule has 2 aromatic carbocycles. The minimum atomic E-state index is -0.804. The number of rotatable bonds is 3. The van der Waals surface area contributed by atoms with Crippen molar-refractivity contribution >= 4 is 34.6 Å². The molecule has 0 unspecified atom stereocenters. The smallest absolute Gasteiger partial charge is 0.304 e. The van der Waals surface area contributed by atoms with Crippen LogP contribution in [0.25, 0.3) is 0 Å². The van der Waals surface area contributed by atoms with Crippen LogP contribution in [0.4, 0.5) is 21.5 Å². The van der Waals surface area contributed by atoms with Crippen LogP contribution in [0.1, 0.15) is 10.4 Å². The van der Waals surface area contributed by atoms with Crippen molar-refractivity contribution in [3.8, 4) is 0 Å². The number of nitro groups is 1. The zero-order valence-electron chi connectivity index (χ0n) is 10.5. The maximum Gasteiger partial charge on any atom is 0.304 e. The second kappa shape index (κ2) is 5.76. The summed E-state index contributed by atoms with van der Waals surface area (Å²) in [6.45, 7) is 0. The van der Waals surface area contributed by atoms with E-state index in [9.17, 15) is 19.3 Å². The molecule has 0 bridgehead atoms. The molecule has 2 aromatic rings. The normalized spacial score (nSPS) is 10.2. The predicted molar refractivity (Wildman–Crippen MR) is 76.9 cm³/mol. The van der Waals surface area contributed by atoms with Crippen LogP contribution in [0.15, 0.2) is 36.4 Å². The molecule has 1 amide bonds. The van der Waals surface area contributed by atoms with Gasteiger partial charge in [-0.25, -0.2) is 4.39 Å². The zero-order chi connectivity index (χ0) is 15.6. The Labute approximate surface area is 123 Å². The fourth-order valence-electron chi connectivity index (χ4n) is 1.73. The summed E-state index contributed by atoms with van der Waals surface area (Å²) in [6, 6.07) is 7.37. The van der Waals surface area contributed by atoms with E-state index in [1.165, 1.54) is 24.3 Å². The lowest BCUT2D eigenvalue weighted by molar-refractivity contribution is -0.384. The Balaban J connectivity index is 2.40. The van der Waals surface area contributed by atoms with Gasteiger partial charge in [0.1, 0.15) is 17.1 Å². The molecular weight excluding hydrogens is 301 g/mol. The largest absolute Gasteiger partial charge is 0.393 e. The highest BCUT2D eigenvalue weighted by Crippen LogP contribution is 2.28. The van der Waals surface area contributed by atoms with Crippen molar-refractivity contribution in [3.63, 3.8) is 0 Å². The number of para-hydroxylation sites is 1. The third-order valence-corrected chi connectivity index (χ3v) is 3.00. The number of carbonyl (C=O) groups excluding carboxylic acids is 1. The SMILES string of the molecule is Nc1cccc(C(=O)Nc2cc(F)ccc2Cl)c1[N+](=O)[O-]. The third-order valence-electron chi connectivity index (χ3n) is 2.67. The minimum absolute atomic E-state index is 0.0124. The van der Waals surface area contributed by atoms with Crippen LogP contribution >= 0.6 is 11.6 Å². The van der Waals surface area contributed by atoms with Gasteiger partial charge in [-0.3, -0.25) is 14.9 Å². The quantitative estimate of drug-likeness (QED) is 0.516. The van der Waals surface area contributed by atoms with E-state index < -0.39 is 22.3 Å². The van der Waals surface area contributed by atoms with Crippen molar-refractivity contribution in [3.05, 3.63) is 62.9 Å². The lowest BCUT2D eigenvalue weighted by Crippen LogP contribution is -2.15. The highest BCUT2D eigenvalue weighted by atomic mass is 35.5. The summed E-state index contributed by atoms with van der Waals surface area (Å²) in [5.41, 5.74) is 4.62. The molecule has 0 aliphatic rings. The van der Waals surface area contributed by atoms with Gasteiger partial charge in [0.15, 0.2) is 0 Å². The molecule has 0 saturated carbocycles. The molecule has 0 radical (unpaired) electrons. The average molecular weight is 310 g/mol. The molecular formula is C13H9ClFN3O3. The van der Waals surface area contributed by atoms with Gasteiger partial charge in [-0.2, -0.15) is 0 Å². The summed E-state index contributed by atoms with van der Waals surface area (Å²) in [5.74, 6) is -1.40. The van der Waals surface area contributed by atoms with Gasteiger partial charge in [-0.1, -0.05) is 17.7 Å². The summed E-state index contributed by atoms with van der Waals surface area (Å²) in [4.78, 5) is 22.3. The molecule has 6 nitrogen and oxygen atoms in total. The molecule has 0 aromatic heterocycles. The number of nitro benzene ring substituents is 1. The summed E-state index contributed by atoms with van der Waals surface area (Å²) in [7, 11) is 0. The summed E-state index contributed by atoms with van der Waals surface area (Å²) in [6.07, 6.45) is 0. The minimum Gasteiger partial charge on any atom is -0.393 e. The van der Waals surface area contributed by atoms with Crippen LogP contribution in [0.3, 0.4) is 0 Å². The van der Waals surface area contributed by atoms with Crippen LogP contribution in [-0.4, -0.2) is 10.8 Å². The first kappa shape index (κ1) is 14.7. The van der Waals surface area contributed by atoms with E-state index in [1.54, 1.807) is 0 Å². The van der Waals surface area contributed by atoms with Crippen molar-refractivity contribution in [1.82, 2.24) is 0 Å². The van der Waals surface area contributed by atoms with Crippen LogP contribution in [0.5, 0.6) is 0 Å². The zero-order valence-corrected chi connectivity index (χ0v) is 11.2. The van der Waals surface area contributed by atoms with E-state index in [4.69, 9.17) is 17.3 Å². The number of halogens is 2. The Bertz CT molecular complexity index is 737. The first-order valence-electron chi connectivity index (χ1n) is 5.69. The summed E-state index contributed by atoms with van der Waals surface area (Å²) >= 11 is 5.82.